The minimum atomic E-state index is -4.16. The zero-order valence-corrected chi connectivity index (χ0v) is 12.0. The molecule has 0 aliphatic heterocycles. The third-order valence-electron chi connectivity index (χ3n) is 2.82. The summed E-state index contributed by atoms with van der Waals surface area (Å²) in [4.78, 5) is -0.521. The minimum Gasteiger partial charge on any atom is -0.326 e. The highest BCUT2D eigenvalue weighted by Gasteiger charge is 2.20. The van der Waals surface area contributed by atoms with Crippen molar-refractivity contribution in [2.75, 3.05) is 4.72 Å². The maximum Gasteiger partial charge on any atom is 0.264 e. The lowest BCUT2D eigenvalue weighted by Gasteiger charge is -2.11. The van der Waals surface area contributed by atoms with Crippen LogP contribution in [0.25, 0.3) is 0 Å². The molecule has 0 heterocycles. The molecule has 21 heavy (non-hydrogen) atoms. The number of anilines is 1. The van der Waals surface area contributed by atoms with Crippen LogP contribution in [0, 0.1) is 18.6 Å². The first-order valence-electron chi connectivity index (χ1n) is 6.10. The first kappa shape index (κ1) is 15.4. The minimum absolute atomic E-state index is 0.0325. The van der Waals surface area contributed by atoms with Crippen molar-refractivity contribution in [2.45, 2.75) is 18.4 Å². The number of benzene rings is 2. The summed E-state index contributed by atoms with van der Waals surface area (Å²) < 4.78 is 53.6. The highest BCUT2D eigenvalue weighted by molar-refractivity contribution is 7.92. The van der Waals surface area contributed by atoms with Gasteiger partial charge in [0.1, 0.15) is 16.5 Å². The highest BCUT2D eigenvalue weighted by Crippen LogP contribution is 2.21. The second-order valence-electron chi connectivity index (χ2n) is 4.59. The van der Waals surface area contributed by atoms with E-state index in [1.165, 1.54) is 18.2 Å². The number of rotatable bonds is 4. The molecule has 0 unspecified atom stereocenters. The first-order chi connectivity index (χ1) is 9.81. The Kier molecular flexibility index (Phi) is 4.24. The van der Waals surface area contributed by atoms with Gasteiger partial charge in [0, 0.05) is 6.54 Å². The van der Waals surface area contributed by atoms with Crippen LogP contribution in [-0.4, -0.2) is 8.42 Å². The molecule has 112 valence electrons. The molecule has 2 aromatic rings. The van der Waals surface area contributed by atoms with Gasteiger partial charge in [-0.05, 0) is 48.4 Å². The van der Waals surface area contributed by atoms with Crippen LogP contribution in [0.5, 0.6) is 0 Å². The second kappa shape index (κ2) is 5.79. The Balaban J connectivity index is 2.42. The second-order valence-corrected chi connectivity index (χ2v) is 6.24. The molecule has 2 aromatic carbocycles. The molecule has 0 atom stereocenters. The molecule has 0 bridgehead atoms. The molecule has 7 heteroatoms. The van der Waals surface area contributed by atoms with Crippen LogP contribution in [0.1, 0.15) is 11.1 Å². The largest absolute Gasteiger partial charge is 0.326 e. The van der Waals surface area contributed by atoms with Gasteiger partial charge in [-0.25, -0.2) is 17.2 Å². The molecule has 2 rings (SSSR count). The number of hydrogen-bond acceptors (Lipinski definition) is 3. The summed E-state index contributed by atoms with van der Waals surface area (Å²) >= 11 is 0. The predicted molar refractivity (Wildman–Crippen MR) is 76.2 cm³/mol. The maximum atomic E-state index is 13.7. The third kappa shape index (κ3) is 3.56. The van der Waals surface area contributed by atoms with E-state index >= 15 is 0 Å². The lowest BCUT2D eigenvalue weighted by Crippen LogP contribution is -2.15. The van der Waals surface area contributed by atoms with E-state index in [0.717, 1.165) is 18.2 Å². The number of sulfonamides is 1. The van der Waals surface area contributed by atoms with Crippen LogP contribution in [-0.2, 0) is 16.6 Å². The summed E-state index contributed by atoms with van der Waals surface area (Å²) in [6, 6.07) is 7.33. The van der Waals surface area contributed by atoms with Crippen molar-refractivity contribution in [1.82, 2.24) is 0 Å². The topological polar surface area (TPSA) is 72.2 Å². The standard InChI is InChI=1S/C14H14F2N2O2S/c1-9-4-11(15)7-12(5-9)18-21(19,20)14-6-10(8-17)2-3-13(14)16/h2-7,18H,8,17H2,1H3. The molecule has 4 nitrogen and oxygen atoms in total. The summed E-state index contributed by atoms with van der Waals surface area (Å²) in [5.74, 6) is -1.48. The summed E-state index contributed by atoms with van der Waals surface area (Å²) in [6.45, 7) is 1.71. The normalized spacial score (nSPS) is 11.4. The average Bonchev–Trinajstić information content (AvgIpc) is 2.37. The van der Waals surface area contributed by atoms with Gasteiger partial charge in [-0.1, -0.05) is 6.07 Å². The lowest BCUT2D eigenvalue weighted by atomic mass is 10.2. The number of nitrogens with one attached hydrogen (secondary N) is 1. The van der Waals surface area contributed by atoms with Crippen molar-refractivity contribution >= 4 is 15.7 Å². The van der Waals surface area contributed by atoms with Gasteiger partial charge in [-0.2, -0.15) is 0 Å². The summed E-state index contributed by atoms with van der Waals surface area (Å²) in [7, 11) is -4.16. The van der Waals surface area contributed by atoms with Crippen LogP contribution in [0.2, 0.25) is 0 Å². The van der Waals surface area contributed by atoms with Gasteiger partial charge in [-0.3, -0.25) is 4.72 Å². The van der Waals surface area contributed by atoms with Crippen LogP contribution in [0.3, 0.4) is 0 Å². The van der Waals surface area contributed by atoms with Crippen LogP contribution >= 0.6 is 0 Å². The predicted octanol–water partition coefficient (Wildman–Crippen LogP) is 2.53. The smallest absolute Gasteiger partial charge is 0.264 e. The maximum absolute atomic E-state index is 13.7. The molecule has 0 amide bonds. The molecule has 0 fully saturated rings. The van der Waals surface area contributed by atoms with Gasteiger partial charge in [-0.15, -0.1) is 0 Å². The van der Waals surface area contributed by atoms with Crippen LogP contribution in [0.4, 0.5) is 14.5 Å². The van der Waals surface area contributed by atoms with Crippen molar-refractivity contribution in [1.29, 1.82) is 0 Å². The van der Waals surface area contributed by atoms with Gasteiger partial charge in [0.2, 0.25) is 0 Å². The van der Waals surface area contributed by atoms with E-state index in [-0.39, 0.29) is 12.2 Å². The van der Waals surface area contributed by atoms with Gasteiger partial charge in [0.25, 0.3) is 10.0 Å². The number of hydrogen-bond donors (Lipinski definition) is 2. The Morgan fingerprint density at radius 3 is 2.48 bits per heavy atom. The third-order valence-corrected chi connectivity index (χ3v) is 4.21. The molecule has 0 saturated heterocycles. The molecule has 0 aromatic heterocycles. The van der Waals surface area contributed by atoms with E-state index in [0.29, 0.717) is 11.1 Å². The number of aryl methyl sites for hydroxylation is 1. The van der Waals surface area contributed by atoms with E-state index in [1.54, 1.807) is 6.92 Å². The van der Waals surface area contributed by atoms with Crippen LogP contribution < -0.4 is 10.5 Å². The molecule has 0 saturated carbocycles. The molecule has 0 aliphatic carbocycles. The van der Waals surface area contributed by atoms with Crippen molar-refractivity contribution in [3.05, 3.63) is 59.2 Å². The van der Waals surface area contributed by atoms with E-state index in [2.05, 4.69) is 4.72 Å². The van der Waals surface area contributed by atoms with Crippen molar-refractivity contribution in [3.8, 4) is 0 Å². The zero-order chi connectivity index (χ0) is 15.6. The Morgan fingerprint density at radius 2 is 1.86 bits per heavy atom. The van der Waals surface area contributed by atoms with E-state index in [4.69, 9.17) is 5.73 Å². The van der Waals surface area contributed by atoms with Crippen molar-refractivity contribution in [3.63, 3.8) is 0 Å². The van der Waals surface area contributed by atoms with Gasteiger partial charge < -0.3 is 5.73 Å². The van der Waals surface area contributed by atoms with Crippen molar-refractivity contribution in [2.24, 2.45) is 5.73 Å². The summed E-state index contributed by atoms with van der Waals surface area (Å²) in [5, 5.41) is 0. The first-order valence-corrected chi connectivity index (χ1v) is 7.58. The number of nitrogens with two attached hydrogens (primary N) is 1. The van der Waals surface area contributed by atoms with E-state index in [1.807, 2.05) is 0 Å². The van der Waals surface area contributed by atoms with Gasteiger partial charge >= 0.3 is 0 Å². The Hall–Kier alpha value is -1.99. The molecular weight excluding hydrogens is 298 g/mol. The highest BCUT2D eigenvalue weighted by atomic mass is 32.2. The van der Waals surface area contributed by atoms with Gasteiger partial charge in [0.15, 0.2) is 0 Å². The molecule has 0 spiro atoms. The quantitative estimate of drug-likeness (QED) is 0.911. The fourth-order valence-corrected chi connectivity index (χ4v) is 3.06. The number of halogens is 2. The Bertz CT molecular complexity index is 756. The van der Waals surface area contributed by atoms with Crippen LogP contribution in [0.15, 0.2) is 41.3 Å². The molecular formula is C14H14F2N2O2S. The monoisotopic (exact) mass is 312 g/mol. The lowest BCUT2D eigenvalue weighted by molar-refractivity contribution is 0.569. The zero-order valence-electron chi connectivity index (χ0n) is 11.2. The average molecular weight is 312 g/mol. The van der Waals surface area contributed by atoms with E-state index in [9.17, 15) is 17.2 Å². The molecule has 0 radical (unpaired) electrons. The SMILES string of the molecule is Cc1cc(F)cc(NS(=O)(=O)c2cc(CN)ccc2F)c1. The van der Waals surface area contributed by atoms with E-state index < -0.39 is 26.6 Å². The summed E-state index contributed by atoms with van der Waals surface area (Å²) in [5.41, 5.74) is 6.47. The van der Waals surface area contributed by atoms with Gasteiger partial charge in [0.05, 0.1) is 5.69 Å². The Labute approximate surface area is 121 Å². The molecule has 0 aliphatic rings. The summed E-state index contributed by atoms with van der Waals surface area (Å²) in [6.07, 6.45) is 0. The molecule has 3 N–H and O–H groups in total. The fraction of sp³-hybridized carbons (Fsp3) is 0.143. The fourth-order valence-electron chi connectivity index (χ4n) is 1.89. The van der Waals surface area contributed by atoms with Crippen molar-refractivity contribution < 1.29 is 17.2 Å². The Morgan fingerprint density at radius 1 is 1.14 bits per heavy atom.